The van der Waals surface area contributed by atoms with Gasteiger partial charge >= 0.3 is 0 Å². The zero-order valence-electron chi connectivity index (χ0n) is 12.0. The molecular formula is C17H23NO2. The van der Waals surface area contributed by atoms with Crippen LogP contribution in [0.5, 0.6) is 5.75 Å². The van der Waals surface area contributed by atoms with Crippen molar-refractivity contribution < 1.29 is 10.2 Å². The van der Waals surface area contributed by atoms with Crippen LogP contribution >= 0.6 is 0 Å². The van der Waals surface area contributed by atoms with Gasteiger partial charge in [0.2, 0.25) is 0 Å². The molecule has 108 valence electrons. The van der Waals surface area contributed by atoms with Crippen molar-refractivity contribution in [3.63, 3.8) is 0 Å². The smallest absolute Gasteiger partial charge is 0.115 e. The van der Waals surface area contributed by atoms with Gasteiger partial charge in [0.05, 0.1) is 6.10 Å². The molecule has 0 spiro atoms. The molecule has 1 aliphatic carbocycles. The minimum Gasteiger partial charge on any atom is -0.508 e. The van der Waals surface area contributed by atoms with Gasteiger partial charge in [0.1, 0.15) is 5.75 Å². The molecule has 4 unspecified atom stereocenters. The summed E-state index contributed by atoms with van der Waals surface area (Å²) in [7, 11) is 0. The van der Waals surface area contributed by atoms with Gasteiger partial charge in [-0.1, -0.05) is 13.0 Å². The average Bonchev–Trinajstić information content (AvgIpc) is 2.74. The van der Waals surface area contributed by atoms with Crippen LogP contribution in [0, 0.1) is 5.41 Å². The van der Waals surface area contributed by atoms with Gasteiger partial charge in [0.15, 0.2) is 0 Å². The third-order valence-electron chi connectivity index (χ3n) is 6.12. The normalized spacial score (nSPS) is 40.0. The topological polar surface area (TPSA) is 43.7 Å². The molecule has 2 N–H and O–H groups in total. The van der Waals surface area contributed by atoms with E-state index in [-0.39, 0.29) is 11.5 Å². The summed E-state index contributed by atoms with van der Waals surface area (Å²) in [5, 5.41) is 20.0. The predicted molar refractivity (Wildman–Crippen MR) is 77.6 cm³/mol. The van der Waals surface area contributed by atoms with Crippen molar-refractivity contribution in [1.82, 2.24) is 4.90 Å². The van der Waals surface area contributed by atoms with Crippen molar-refractivity contribution >= 4 is 0 Å². The summed E-state index contributed by atoms with van der Waals surface area (Å²) in [6, 6.07) is 6.88. The average molecular weight is 273 g/mol. The molecule has 1 aromatic rings. The summed E-state index contributed by atoms with van der Waals surface area (Å²) in [5.41, 5.74) is 2.80. The maximum atomic E-state index is 10.3. The molecule has 1 saturated carbocycles. The number of hydrogen-bond acceptors (Lipinski definition) is 3. The first-order valence-corrected chi connectivity index (χ1v) is 7.85. The molecule has 0 bridgehead atoms. The van der Waals surface area contributed by atoms with E-state index in [0.717, 1.165) is 38.6 Å². The second-order valence-electron chi connectivity index (χ2n) is 7.04. The van der Waals surface area contributed by atoms with Crippen LogP contribution in [0.25, 0.3) is 0 Å². The quantitative estimate of drug-likeness (QED) is 0.763. The minimum absolute atomic E-state index is 0.0882. The third-order valence-corrected chi connectivity index (χ3v) is 6.12. The number of rotatable bonds is 0. The van der Waals surface area contributed by atoms with Crippen molar-refractivity contribution in [1.29, 1.82) is 0 Å². The summed E-state index contributed by atoms with van der Waals surface area (Å²) in [5.74, 6) is 0.383. The predicted octanol–water partition coefficient (Wildman–Crippen LogP) is 2.61. The molecule has 0 aromatic heterocycles. The molecule has 1 saturated heterocycles. The fourth-order valence-electron chi connectivity index (χ4n) is 4.94. The molecule has 0 amide bonds. The van der Waals surface area contributed by atoms with Gasteiger partial charge < -0.3 is 10.2 Å². The number of fused-ring (bicyclic) bond motifs is 5. The number of hydrogen-bond donors (Lipinski definition) is 2. The van der Waals surface area contributed by atoms with Crippen molar-refractivity contribution in [2.75, 3.05) is 6.54 Å². The number of benzene rings is 1. The van der Waals surface area contributed by atoms with Crippen LogP contribution in [-0.2, 0) is 6.42 Å². The SMILES string of the molecule is CC12CCC3c4ccc(O)cc4CCN3C1CCC2O. The van der Waals surface area contributed by atoms with Crippen LogP contribution in [0.4, 0.5) is 0 Å². The van der Waals surface area contributed by atoms with E-state index in [1.807, 2.05) is 12.1 Å². The summed E-state index contributed by atoms with van der Waals surface area (Å²) >= 11 is 0. The first-order chi connectivity index (χ1) is 9.59. The second kappa shape index (κ2) is 4.22. The van der Waals surface area contributed by atoms with Gasteiger partial charge in [-0.2, -0.15) is 0 Å². The first-order valence-electron chi connectivity index (χ1n) is 7.85. The molecule has 4 rings (SSSR count). The fourth-order valence-corrected chi connectivity index (χ4v) is 4.94. The lowest BCUT2D eigenvalue weighted by Gasteiger charge is -2.52. The fraction of sp³-hybridized carbons (Fsp3) is 0.647. The van der Waals surface area contributed by atoms with Crippen molar-refractivity contribution in [3.05, 3.63) is 29.3 Å². The Balaban J connectivity index is 1.71. The van der Waals surface area contributed by atoms with E-state index in [2.05, 4.69) is 17.9 Å². The summed E-state index contributed by atoms with van der Waals surface area (Å²) in [6.45, 7) is 3.34. The Kier molecular flexibility index (Phi) is 2.67. The van der Waals surface area contributed by atoms with E-state index in [1.54, 1.807) is 0 Å². The zero-order valence-corrected chi connectivity index (χ0v) is 12.0. The number of aliphatic hydroxyl groups is 1. The molecule has 20 heavy (non-hydrogen) atoms. The Labute approximate surface area is 120 Å². The monoisotopic (exact) mass is 273 g/mol. The van der Waals surface area contributed by atoms with Gasteiger partial charge in [-0.3, -0.25) is 4.90 Å². The highest BCUT2D eigenvalue weighted by molar-refractivity contribution is 5.39. The van der Waals surface area contributed by atoms with Crippen molar-refractivity contribution in [3.8, 4) is 5.75 Å². The Morgan fingerprint density at radius 1 is 1.25 bits per heavy atom. The largest absolute Gasteiger partial charge is 0.508 e. The molecule has 2 heterocycles. The van der Waals surface area contributed by atoms with E-state index in [4.69, 9.17) is 0 Å². The van der Waals surface area contributed by atoms with Gasteiger partial charge in [0.25, 0.3) is 0 Å². The van der Waals surface area contributed by atoms with Crippen LogP contribution in [0.1, 0.15) is 49.8 Å². The van der Waals surface area contributed by atoms with E-state index < -0.39 is 0 Å². The van der Waals surface area contributed by atoms with E-state index in [0.29, 0.717) is 17.8 Å². The van der Waals surface area contributed by atoms with Crippen LogP contribution in [0.15, 0.2) is 18.2 Å². The van der Waals surface area contributed by atoms with E-state index in [9.17, 15) is 10.2 Å². The molecule has 0 radical (unpaired) electrons. The highest BCUT2D eigenvalue weighted by atomic mass is 16.3. The molecule has 2 fully saturated rings. The Hall–Kier alpha value is -1.06. The Morgan fingerprint density at radius 2 is 2.10 bits per heavy atom. The lowest BCUT2D eigenvalue weighted by Crippen LogP contribution is -2.54. The van der Waals surface area contributed by atoms with Crippen LogP contribution in [0.3, 0.4) is 0 Å². The maximum Gasteiger partial charge on any atom is 0.115 e. The number of aromatic hydroxyl groups is 1. The highest BCUT2D eigenvalue weighted by Crippen LogP contribution is 2.53. The van der Waals surface area contributed by atoms with Gasteiger partial charge in [0, 0.05) is 24.0 Å². The number of phenolic OH excluding ortho intramolecular Hbond substituents is 1. The number of aliphatic hydroxyl groups excluding tert-OH is 1. The van der Waals surface area contributed by atoms with Gasteiger partial charge in [-0.25, -0.2) is 0 Å². The standard InChI is InChI=1S/C17H23NO2/c1-17-8-6-14-13-3-2-12(19)10-11(13)7-9-18(14)15(17)4-5-16(17)20/h2-3,10,14-16,19-20H,4-9H2,1H3. The Bertz CT molecular complexity index is 544. The molecule has 3 aliphatic rings. The van der Waals surface area contributed by atoms with Gasteiger partial charge in [-0.05, 0) is 55.4 Å². The van der Waals surface area contributed by atoms with Crippen molar-refractivity contribution in [2.24, 2.45) is 5.41 Å². The molecule has 3 heteroatoms. The molecular weight excluding hydrogens is 250 g/mol. The molecule has 3 nitrogen and oxygen atoms in total. The maximum absolute atomic E-state index is 10.3. The molecule has 2 aliphatic heterocycles. The van der Waals surface area contributed by atoms with Crippen LogP contribution < -0.4 is 0 Å². The summed E-state index contributed by atoms with van der Waals surface area (Å²) in [4.78, 5) is 2.64. The lowest BCUT2D eigenvalue weighted by atomic mass is 9.70. The number of nitrogens with zero attached hydrogens (tertiary/aromatic N) is 1. The molecule has 4 atom stereocenters. The number of phenols is 1. The summed E-state index contributed by atoms with van der Waals surface area (Å²) < 4.78 is 0. The van der Waals surface area contributed by atoms with Crippen LogP contribution in [-0.4, -0.2) is 33.8 Å². The Morgan fingerprint density at radius 3 is 2.95 bits per heavy atom. The summed E-state index contributed by atoms with van der Waals surface area (Å²) in [6.07, 6.45) is 5.20. The third kappa shape index (κ3) is 1.60. The minimum atomic E-state index is -0.130. The van der Waals surface area contributed by atoms with E-state index >= 15 is 0 Å². The van der Waals surface area contributed by atoms with Crippen molar-refractivity contribution in [2.45, 2.75) is 57.2 Å². The van der Waals surface area contributed by atoms with Crippen LogP contribution in [0.2, 0.25) is 0 Å². The number of piperidine rings is 1. The van der Waals surface area contributed by atoms with Gasteiger partial charge in [-0.15, -0.1) is 0 Å². The molecule has 1 aromatic carbocycles. The second-order valence-corrected chi connectivity index (χ2v) is 7.04. The highest BCUT2D eigenvalue weighted by Gasteiger charge is 2.53. The van der Waals surface area contributed by atoms with E-state index in [1.165, 1.54) is 11.1 Å². The first kappa shape index (κ1) is 12.7. The lowest BCUT2D eigenvalue weighted by molar-refractivity contribution is -0.0525. The zero-order chi connectivity index (χ0) is 13.9.